The molecule has 0 bridgehead atoms. The zero-order chi connectivity index (χ0) is 9.30. The van der Waals surface area contributed by atoms with Gasteiger partial charge < -0.3 is 14.8 Å². The number of β-amino-alcohol motifs (C(OH)–C–C–N with tert-alkyl or cyclic N) is 1. The van der Waals surface area contributed by atoms with Crippen molar-refractivity contribution in [2.45, 2.75) is 31.7 Å². The van der Waals surface area contributed by atoms with Crippen LogP contribution in [-0.4, -0.2) is 48.4 Å². The maximum atomic E-state index is 10.7. The predicted octanol–water partition coefficient (Wildman–Crippen LogP) is -0.243. The summed E-state index contributed by atoms with van der Waals surface area (Å²) in [5.41, 5.74) is 0. The number of nitrogens with zero attached hydrogens (tertiary/aromatic N) is 1. The first kappa shape index (κ1) is 9.69. The highest BCUT2D eigenvalue weighted by molar-refractivity contribution is 6.53. The van der Waals surface area contributed by atoms with Crippen LogP contribution in [0.15, 0.2) is 0 Å². The van der Waals surface area contributed by atoms with Gasteiger partial charge in [-0.2, -0.15) is 0 Å². The average Bonchev–Trinajstić information content (AvgIpc) is 2.31. The molecule has 0 amide bonds. The van der Waals surface area contributed by atoms with Crippen LogP contribution in [0, 0.1) is 0 Å². The fourth-order valence-corrected chi connectivity index (χ4v) is 2.96. The van der Waals surface area contributed by atoms with Gasteiger partial charge >= 0.3 is 5.97 Å². The van der Waals surface area contributed by atoms with Gasteiger partial charge in [-0.05, 0) is 0 Å². The molecule has 0 unspecified atom stereocenters. The minimum Gasteiger partial charge on any atom is -0.480 e. The number of hydrogen-bond acceptors (Lipinski definition) is 3. The summed E-state index contributed by atoms with van der Waals surface area (Å²) in [5, 5.41) is 18.1. The van der Waals surface area contributed by atoms with E-state index in [1.54, 1.807) is 0 Å². The van der Waals surface area contributed by atoms with E-state index in [0.29, 0.717) is 13.0 Å². The summed E-state index contributed by atoms with van der Waals surface area (Å²) in [6.45, 7) is 4.61. The van der Waals surface area contributed by atoms with Gasteiger partial charge in [0, 0.05) is 13.0 Å². The Bertz CT molecular complexity index is 185. The largest absolute Gasteiger partial charge is 0.480 e. The highest BCUT2D eigenvalue weighted by Gasteiger charge is 2.37. The van der Waals surface area contributed by atoms with Crippen molar-refractivity contribution >= 4 is 14.9 Å². The fourth-order valence-electron chi connectivity index (χ4n) is 1.54. The Balaban J connectivity index is 2.65. The minimum atomic E-state index is -0.808. The first-order chi connectivity index (χ1) is 5.52. The summed E-state index contributed by atoms with van der Waals surface area (Å²) < 4.78 is 1.91. The molecule has 1 saturated heterocycles. The number of aliphatic carboxylic acids is 1. The Morgan fingerprint density at radius 3 is 2.50 bits per heavy atom. The molecule has 0 aromatic rings. The fraction of sp³-hybridized carbons (Fsp3) is 0.857. The molecule has 2 N–H and O–H groups in total. The molecule has 0 aliphatic carbocycles. The number of hydrogen-bond donors (Lipinski definition) is 2. The number of aliphatic hydroxyl groups excluding tert-OH is 1. The summed E-state index contributed by atoms with van der Waals surface area (Å²) in [4.78, 5) is 10.7. The van der Waals surface area contributed by atoms with Crippen molar-refractivity contribution in [1.29, 1.82) is 0 Å². The lowest BCUT2D eigenvalue weighted by Gasteiger charge is -2.23. The van der Waals surface area contributed by atoms with E-state index in [2.05, 4.69) is 0 Å². The summed E-state index contributed by atoms with van der Waals surface area (Å²) in [6.07, 6.45) is -0.0726. The summed E-state index contributed by atoms with van der Waals surface area (Å²) in [6, 6.07) is -0.455. The maximum absolute atomic E-state index is 10.7. The van der Waals surface area contributed by atoms with Gasteiger partial charge in [0.25, 0.3) is 0 Å². The topological polar surface area (TPSA) is 60.8 Å². The van der Waals surface area contributed by atoms with E-state index < -0.39 is 27.1 Å². The third kappa shape index (κ3) is 1.85. The Labute approximate surface area is 73.5 Å². The van der Waals surface area contributed by atoms with E-state index in [9.17, 15) is 9.90 Å². The van der Waals surface area contributed by atoms with E-state index in [0.717, 1.165) is 0 Å². The molecule has 2 atom stereocenters. The van der Waals surface area contributed by atoms with Crippen LogP contribution in [0.2, 0.25) is 13.1 Å². The highest BCUT2D eigenvalue weighted by Crippen LogP contribution is 2.19. The Morgan fingerprint density at radius 1 is 1.58 bits per heavy atom. The Morgan fingerprint density at radius 2 is 2.17 bits per heavy atom. The van der Waals surface area contributed by atoms with Crippen molar-refractivity contribution in [3.8, 4) is 0 Å². The molecule has 0 saturated carbocycles. The molecule has 1 radical (unpaired) electrons. The standard InChI is InChI=1S/C7H14NO3Si/c1-12(2)8-4-5(9)3-6(8)7(10)11/h5-6,9H,3-4H2,1-2H3,(H,10,11)/t5-,6+/m1/s1. The van der Waals surface area contributed by atoms with Gasteiger partial charge in [0.1, 0.15) is 15.0 Å². The van der Waals surface area contributed by atoms with Crippen molar-refractivity contribution in [3.63, 3.8) is 0 Å². The quantitative estimate of drug-likeness (QED) is 0.587. The number of carboxylic acids is 1. The predicted molar refractivity (Wildman–Crippen MR) is 46.2 cm³/mol. The van der Waals surface area contributed by atoms with Gasteiger partial charge in [-0.15, -0.1) is 0 Å². The van der Waals surface area contributed by atoms with Crippen molar-refractivity contribution < 1.29 is 15.0 Å². The van der Waals surface area contributed by atoms with Gasteiger partial charge in [-0.25, -0.2) is 0 Å². The molecule has 1 aliphatic heterocycles. The van der Waals surface area contributed by atoms with E-state index in [1.165, 1.54) is 0 Å². The molecule has 5 heteroatoms. The molecule has 4 nitrogen and oxygen atoms in total. The molecule has 1 rings (SSSR count). The SMILES string of the molecule is C[Si](C)N1C[C@H](O)C[C@H]1C(=O)O. The van der Waals surface area contributed by atoms with Crippen molar-refractivity contribution in [2.24, 2.45) is 0 Å². The van der Waals surface area contributed by atoms with Crippen LogP contribution in [-0.2, 0) is 4.79 Å². The first-order valence-corrected chi connectivity index (χ1v) is 6.44. The lowest BCUT2D eigenvalue weighted by atomic mass is 10.2. The molecule has 0 aromatic heterocycles. The number of aliphatic hydroxyl groups is 1. The Kier molecular flexibility index (Phi) is 2.87. The average molecular weight is 188 g/mol. The molecule has 1 aliphatic rings. The minimum absolute atomic E-state index is 0.380. The lowest BCUT2D eigenvalue weighted by Crippen LogP contribution is -2.43. The van der Waals surface area contributed by atoms with Gasteiger partial charge in [-0.1, -0.05) is 13.1 Å². The second kappa shape index (κ2) is 3.55. The van der Waals surface area contributed by atoms with Crippen molar-refractivity contribution in [3.05, 3.63) is 0 Å². The van der Waals surface area contributed by atoms with Crippen LogP contribution in [0.4, 0.5) is 0 Å². The normalized spacial score (nSPS) is 31.3. The van der Waals surface area contributed by atoms with Crippen LogP contribution in [0.1, 0.15) is 6.42 Å². The number of carbonyl (C=O) groups is 1. The van der Waals surface area contributed by atoms with Gasteiger partial charge in [0.05, 0.1) is 6.10 Å². The first-order valence-electron chi connectivity index (χ1n) is 4.00. The maximum Gasteiger partial charge on any atom is 0.320 e. The zero-order valence-electron chi connectivity index (χ0n) is 7.32. The molecule has 1 fully saturated rings. The molecule has 1 heterocycles. The second-order valence-corrected chi connectivity index (χ2v) is 5.81. The molecule has 69 valence electrons. The lowest BCUT2D eigenvalue weighted by molar-refractivity contribution is -0.140. The van der Waals surface area contributed by atoms with E-state index in [-0.39, 0.29) is 0 Å². The zero-order valence-corrected chi connectivity index (χ0v) is 8.32. The molecular weight excluding hydrogens is 174 g/mol. The van der Waals surface area contributed by atoms with Crippen LogP contribution < -0.4 is 0 Å². The van der Waals surface area contributed by atoms with E-state index in [4.69, 9.17) is 5.11 Å². The van der Waals surface area contributed by atoms with Crippen molar-refractivity contribution in [1.82, 2.24) is 4.57 Å². The molecule has 12 heavy (non-hydrogen) atoms. The monoisotopic (exact) mass is 188 g/mol. The van der Waals surface area contributed by atoms with E-state index in [1.807, 2.05) is 17.7 Å². The molecular formula is C7H14NO3Si. The molecule has 0 spiro atoms. The summed E-state index contributed by atoms with van der Waals surface area (Å²) in [5.74, 6) is -0.808. The van der Waals surface area contributed by atoms with E-state index >= 15 is 0 Å². The van der Waals surface area contributed by atoms with Gasteiger partial charge in [0.2, 0.25) is 0 Å². The number of rotatable bonds is 2. The summed E-state index contributed by atoms with van der Waals surface area (Å²) >= 11 is 0. The third-order valence-corrected chi connectivity index (χ3v) is 3.78. The third-order valence-electron chi connectivity index (χ3n) is 2.14. The smallest absolute Gasteiger partial charge is 0.320 e. The second-order valence-electron chi connectivity index (χ2n) is 3.34. The number of carboxylic acid groups (broad SMARTS) is 1. The van der Waals surface area contributed by atoms with Crippen LogP contribution in [0.3, 0.4) is 0 Å². The Hall–Kier alpha value is -0.393. The van der Waals surface area contributed by atoms with Gasteiger partial charge in [0.15, 0.2) is 0 Å². The highest BCUT2D eigenvalue weighted by atomic mass is 28.3. The summed E-state index contributed by atoms with van der Waals surface area (Å²) in [7, 11) is -0.745. The van der Waals surface area contributed by atoms with Crippen molar-refractivity contribution in [2.75, 3.05) is 6.54 Å². The van der Waals surface area contributed by atoms with Gasteiger partial charge in [-0.3, -0.25) is 4.79 Å². The van der Waals surface area contributed by atoms with Crippen LogP contribution in [0.5, 0.6) is 0 Å². The van der Waals surface area contributed by atoms with Crippen LogP contribution >= 0.6 is 0 Å². The van der Waals surface area contributed by atoms with Crippen LogP contribution in [0.25, 0.3) is 0 Å². The molecule has 0 aromatic carbocycles.